The minimum atomic E-state index is 0.497. The number of ether oxygens (including phenoxy) is 1. The molecular weight excluding hydrogens is 194 g/mol. The number of aromatic nitrogens is 2. The summed E-state index contributed by atoms with van der Waals surface area (Å²) >= 11 is 0. The smallest absolute Gasteiger partial charge is 0.213 e. The van der Waals surface area contributed by atoms with Gasteiger partial charge in [-0.15, -0.1) is 0 Å². The zero-order chi connectivity index (χ0) is 10.3. The molecule has 84 valence electrons. The van der Waals surface area contributed by atoms with Gasteiger partial charge in [-0.1, -0.05) is 5.16 Å². The van der Waals surface area contributed by atoms with Crippen molar-refractivity contribution in [3.05, 3.63) is 12.2 Å². The zero-order valence-electron chi connectivity index (χ0n) is 8.82. The van der Waals surface area contributed by atoms with Gasteiger partial charge in [-0.2, -0.15) is 4.98 Å². The van der Waals surface area contributed by atoms with E-state index in [1.165, 1.54) is 19.2 Å². The summed E-state index contributed by atoms with van der Waals surface area (Å²) in [7, 11) is 0. The third-order valence-electron chi connectivity index (χ3n) is 2.59. The lowest BCUT2D eigenvalue weighted by Crippen LogP contribution is -2.17. The van der Waals surface area contributed by atoms with Gasteiger partial charge in [0.05, 0.1) is 12.6 Å². The molecule has 1 aliphatic rings. The Hall–Kier alpha value is -0.940. The van der Waals surface area contributed by atoms with Gasteiger partial charge in [-0.3, -0.25) is 0 Å². The first kappa shape index (κ1) is 10.6. The average molecular weight is 211 g/mol. The molecule has 0 amide bonds. The van der Waals surface area contributed by atoms with E-state index in [4.69, 9.17) is 4.74 Å². The van der Waals surface area contributed by atoms with E-state index in [0.29, 0.717) is 18.5 Å². The van der Waals surface area contributed by atoms with E-state index in [1.54, 1.807) is 0 Å². The molecule has 2 rings (SSSR count). The summed E-state index contributed by atoms with van der Waals surface area (Å²) in [4.78, 5) is 3.93. The summed E-state index contributed by atoms with van der Waals surface area (Å²) < 4.78 is 10.2. The summed E-state index contributed by atoms with van der Waals surface area (Å²) in [5, 5.41) is 6.99. The first-order valence-corrected chi connectivity index (χ1v) is 5.53. The van der Waals surface area contributed by atoms with Crippen molar-refractivity contribution in [1.82, 2.24) is 15.5 Å². The minimum absolute atomic E-state index is 0.497. The average Bonchev–Trinajstić information content (AvgIpc) is 2.88. The Labute approximate surface area is 89.2 Å². The Morgan fingerprint density at radius 1 is 1.53 bits per heavy atom. The Kier molecular flexibility index (Phi) is 4.11. The lowest BCUT2D eigenvalue weighted by atomic mass is 10.1. The molecule has 0 radical (unpaired) electrons. The molecule has 1 unspecified atom stereocenters. The third-order valence-corrected chi connectivity index (χ3v) is 2.59. The van der Waals surface area contributed by atoms with Crippen LogP contribution in [0, 0.1) is 0 Å². The van der Waals surface area contributed by atoms with Crippen molar-refractivity contribution in [2.45, 2.75) is 38.3 Å². The maximum atomic E-state index is 5.54. The number of nitrogens with one attached hydrogen (secondary N) is 1. The molecule has 1 atom stereocenters. The van der Waals surface area contributed by atoms with Gasteiger partial charge in [-0.05, 0) is 32.2 Å². The highest BCUT2D eigenvalue weighted by atomic mass is 16.5. The Morgan fingerprint density at radius 2 is 2.53 bits per heavy atom. The molecule has 0 bridgehead atoms. The van der Waals surface area contributed by atoms with Crippen LogP contribution in [0.2, 0.25) is 0 Å². The quantitative estimate of drug-likeness (QED) is 0.714. The van der Waals surface area contributed by atoms with E-state index >= 15 is 0 Å². The van der Waals surface area contributed by atoms with Crippen LogP contribution in [0.15, 0.2) is 10.9 Å². The molecule has 15 heavy (non-hydrogen) atoms. The fourth-order valence-electron chi connectivity index (χ4n) is 1.80. The number of hydrogen-bond acceptors (Lipinski definition) is 5. The maximum absolute atomic E-state index is 5.54. The van der Waals surface area contributed by atoms with Gasteiger partial charge < -0.3 is 14.6 Å². The maximum Gasteiger partial charge on any atom is 0.213 e. The Morgan fingerprint density at radius 3 is 3.27 bits per heavy atom. The van der Waals surface area contributed by atoms with E-state index in [2.05, 4.69) is 20.0 Å². The van der Waals surface area contributed by atoms with Gasteiger partial charge in [0.15, 0.2) is 5.82 Å². The molecule has 1 saturated heterocycles. The van der Waals surface area contributed by atoms with Crippen molar-refractivity contribution >= 4 is 0 Å². The van der Waals surface area contributed by atoms with Crippen molar-refractivity contribution in [1.29, 1.82) is 0 Å². The molecule has 5 nitrogen and oxygen atoms in total. The molecule has 1 fully saturated rings. The fourth-order valence-corrected chi connectivity index (χ4v) is 1.80. The van der Waals surface area contributed by atoms with Crippen molar-refractivity contribution in [2.75, 3.05) is 13.2 Å². The molecular formula is C10H17N3O2. The van der Waals surface area contributed by atoms with E-state index in [9.17, 15) is 0 Å². The highest BCUT2D eigenvalue weighted by Gasteiger charge is 2.14. The first-order valence-electron chi connectivity index (χ1n) is 5.53. The number of hydrogen-bond donors (Lipinski definition) is 1. The van der Waals surface area contributed by atoms with Crippen LogP contribution in [0.3, 0.4) is 0 Å². The van der Waals surface area contributed by atoms with Gasteiger partial charge in [-0.25, -0.2) is 0 Å². The molecule has 2 heterocycles. The van der Waals surface area contributed by atoms with Crippen molar-refractivity contribution in [3.8, 4) is 0 Å². The molecule has 1 aliphatic heterocycles. The van der Waals surface area contributed by atoms with Crippen molar-refractivity contribution < 1.29 is 9.26 Å². The number of nitrogens with zero attached hydrogens (tertiary/aromatic N) is 2. The fraction of sp³-hybridized carbons (Fsp3) is 0.800. The van der Waals surface area contributed by atoms with Crippen LogP contribution in [0.1, 0.15) is 31.5 Å². The van der Waals surface area contributed by atoms with E-state index in [0.717, 1.165) is 26.0 Å². The van der Waals surface area contributed by atoms with E-state index < -0.39 is 0 Å². The van der Waals surface area contributed by atoms with Crippen molar-refractivity contribution in [2.24, 2.45) is 0 Å². The zero-order valence-corrected chi connectivity index (χ0v) is 8.82. The highest BCUT2D eigenvalue weighted by molar-refractivity contribution is 4.76. The van der Waals surface area contributed by atoms with Crippen LogP contribution in [0.25, 0.3) is 0 Å². The van der Waals surface area contributed by atoms with Crippen LogP contribution in [-0.4, -0.2) is 29.4 Å². The first-order chi connectivity index (χ1) is 7.45. The second-order valence-corrected chi connectivity index (χ2v) is 3.80. The molecule has 1 N–H and O–H groups in total. The van der Waals surface area contributed by atoms with Gasteiger partial charge in [0.1, 0.15) is 0 Å². The van der Waals surface area contributed by atoms with Gasteiger partial charge in [0.2, 0.25) is 6.39 Å². The summed E-state index contributed by atoms with van der Waals surface area (Å²) in [5.41, 5.74) is 0. The second-order valence-electron chi connectivity index (χ2n) is 3.80. The normalized spacial score (nSPS) is 20.9. The molecule has 0 aliphatic carbocycles. The topological polar surface area (TPSA) is 60.2 Å². The van der Waals surface area contributed by atoms with Crippen LogP contribution >= 0.6 is 0 Å². The SMILES string of the molecule is c1nc(CNCCCC2CCCO2)no1. The molecule has 5 heteroatoms. The summed E-state index contributed by atoms with van der Waals surface area (Å²) in [6.07, 6.45) is 6.59. The predicted molar refractivity (Wildman–Crippen MR) is 54.2 cm³/mol. The van der Waals surface area contributed by atoms with Crippen LogP contribution in [0.4, 0.5) is 0 Å². The largest absolute Gasteiger partial charge is 0.378 e. The molecule has 0 spiro atoms. The van der Waals surface area contributed by atoms with Crippen molar-refractivity contribution in [3.63, 3.8) is 0 Å². The number of rotatable bonds is 6. The third kappa shape index (κ3) is 3.60. The second kappa shape index (κ2) is 5.82. The summed E-state index contributed by atoms with van der Waals surface area (Å²) in [6, 6.07) is 0. The standard InChI is InChI=1S/C10H17N3O2/c1(3-9-4-2-6-14-9)5-11-7-10-12-8-15-13-10/h8-9,11H,1-7H2. The lowest BCUT2D eigenvalue weighted by molar-refractivity contribution is 0.102. The Balaban J connectivity index is 1.48. The van der Waals surface area contributed by atoms with E-state index in [1.807, 2.05) is 0 Å². The summed E-state index contributed by atoms with van der Waals surface area (Å²) in [6.45, 7) is 2.61. The lowest BCUT2D eigenvalue weighted by Gasteiger charge is -2.08. The predicted octanol–water partition coefficient (Wildman–Crippen LogP) is 1.12. The van der Waals surface area contributed by atoms with Gasteiger partial charge >= 0.3 is 0 Å². The molecule has 1 aromatic heterocycles. The summed E-state index contributed by atoms with van der Waals surface area (Å²) in [5.74, 6) is 0.715. The molecule has 1 aromatic rings. The highest BCUT2D eigenvalue weighted by Crippen LogP contribution is 2.16. The van der Waals surface area contributed by atoms with Crippen LogP contribution in [0.5, 0.6) is 0 Å². The van der Waals surface area contributed by atoms with E-state index in [-0.39, 0.29) is 0 Å². The minimum Gasteiger partial charge on any atom is -0.378 e. The van der Waals surface area contributed by atoms with Gasteiger partial charge in [0.25, 0.3) is 0 Å². The Bertz CT molecular complexity index is 258. The van der Waals surface area contributed by atoms with Gasteiger partial charge in [0, 0.05) is 6.61 Å². The molecule has 0 aromatic carbocycles. The van der Waals surface area contributed by atoms with Crippen LogP contribution < -0.4 is 5.32 Å². The molecule has 0 saturated carbocycles. The van der Waals surface area contributed by atoms with Crippen LogP contribution in [-0.2, 0) is 11.3 Å². The monoisotopic (exact) mass is 211 g/mol.